The van der Waals surface area contributed by atoms with Crippen LogP contribution in [0.3, 0.4) is 0 Å². The van der Waals surface area contributed by atoms with Crippen molar-refractivity contribution >= 4 is 39.0 Å². The smallest absolute Gasteiger partial charge is 0.113 e. The van der Waals surface area contributed by atoms with Gasteiger partial charge in [0.15, 0.2) is 0 Å². The van der Waals surface area contributed by atoms with Crippen molar-refractivity contribution in [3.63, 3.8) is 0 Å². The molecule has 0 spiro atoms. The first-order valence-corrected chi connectivity index (χ1v) is 12.8. The first-order valence-electron chi connectivity index (χ1n) is 12.8. The van der Waals surface area contributed by atoms with Crippen LogP contribution in [0.15, 0.2) is 134 Å². The third-order valence-electron chi connectivity index (χ3n) is 7.47. The lowest BCUT2D eigenvalue weighted by atomic mass is 9.92. The van der Waals surface area contributed by atoms with Gasteiger partial charge in [-0.2, -0.15) is 0 Å². The molecule has 3 aromatic heterocycles. The minimum absolute atomic E-state index is 0.888. The number of benzene rings is 4. The maximum absolute atomic E-state index is 4.67. The summed E-state index contributed by atoms with van der Waals surface area (Å²) < 4.78 is 2.24. The Morgan fingerprint density at radius 1 is 0.500 bits per heavy atom. The molecule has 0 aliphatic carbocycles. The van der Waals surface area contributed by atoms with E-state index in [9.17, 15) is 0 Å². The van der Waals surface area contributed by atoms with Crippen LogP contribution in [0.1, 0.15) is 0 Å². The zero-order chi connectivity index (χ0) is 25.1. The van der Waals surface area contributed by atoms with Crippen LogP contribution in [0.4, 0.5) is 17.1 Å². The number of hydrogen-bond donors (Lipinski definition) is 0. The van der Waals surface area contributed by atoms with Crippen LogP contribution in [0.5, 0.6) is 0 Å². The molecule has 4 aromatic carbocycles. The first-order chi connectivity index (χ1) is 18.9. The first kappa shape index (κ1) is 20.9. The summed E-state index contributed by atoms with van der Waals surface area (Å²) in [5.74, 6) is 0. The monoisotopic (exact) mass is 486 g/mol. The number of hydrogen-bond acceptors (Lipinski definition) is 3. The Morgan fingerprint density at radius 3 is 2.13 bits per heavy atom. The molecule has 178 valence electrons. The molecule has 7 aromatic rings. The molecule has 0 fully saturated rings. The Balaban J connectivity index is 1.46. The summed E-state index contributed by atoms with van der Waals surface area (Å²) in [5, 5.41) is 1.21. The van der Waals surface area contributed by atoms with Gasteiger partial charge in [-0.05, 0) is 60.2 Å². The number of fused-ring (bicyclic) bond motifs is 8. The highest BCUT2D eigenvalue weighted by molar-refractivity contribution is 6.11. The van der Waals surface area contributed by atoms with Crippen molar-refractivity contribution in [3.05, 3.63) is 134 Å². The standard InChI is InChI=1S/C34H22N4/c1-2-9-23(10-3-1)38-30-14-6-4-11-24(30)25-16-17-29-27(33(25)26-12-5-7-15-31(26)38)19-22-37(29)32-18-21-35-28-13-8-20-36-34(28)32/h1-22H. The van der Waals surface area contributed by atoms with Crippen molar-refractivity contribution in [2.24, 2.45) is 0 Å². The lowest BCUT2D eigenvalue weighted by molar-refractivity contribution is 1.12. The minimum atomic E-state index is 0.888. The van der Waals surface area contributed by atoms with Crippen LogP contribution in [-0.2, 0) is 0 Å². The molecular weight excluding hydrogens is 464 g/mol. The summed E-state index contributed by atoms with van der Waals surface area (Å²) in [6.07, 6.45) is 5.84. The molecule has 0 bridgehead atoms. The van der Waals surface area contributed by atoms with Gasteiger partial charge >= 0.3 is 0 Å². The molecule has 0 amide bonds. The highest BCUT2D eigenvalue weighted by Crippen LogP contribution is 2.52. The maximum Gasteiger partial charge on any atom is 0.113 e. The van der Waals surface area contributed by atoms with Crippen LogP contribution in [0, 0.1) is 0 Å². The zero-order valence-corrected chi connectivity index (χ0v) is 20.5. The van der Waals surface area contributed by atoms with Crippen molar-refractivity contribution in [1.29, 1.82) is 0 Å². The second kappa shape index (κ2) is 8.15. The average Bonchev–Trinajstić information content (AvgIpc) is 3.37. The van der Waals surface area contributed by atoms with Gasteiger partial charge in [0.2, 0.25) is 0 Å². The Hall–Kier alpha value is -5.22. The van der Waals surface area contributed by atoms with Gasteiger partial charge in [0.1, 0.15) is 5.52 Å². The van der Waals surface area contributed by atoms with E-state index < -0.39 is 0 Å². The second-order valence-corrected chi connectivity index (χ2v) is 9.51. The van der Waals surface area contributed by atoms with Gasteiger partial charge in [-0.25, -0.2) is 0 Å². The second-order valence-electron chi connectivity index (χ2n) is 9.51. The van der Waals surface area contributed by atoms with E-state index in [1.165, 1.54) is 39.0 Å². The van der Waals surface area contributed by atoms with Crippen molar-refractivity contribution < 1.29 is 0 Å². The van der Waals surface area contributed by atoms with Gasteiger partial charge in [-0.15, -0.1) is 0 Å². The molecule has 4 nitrogen and oxygen atoms in total. The summed E-state index contributed by atoms with van der Waals surface area (Å²) in [4.78, 5) is 11.6. The van der Waals surface area contributed by atoms with E-state index in [0.29, 0.717) is 0 Å². The number of nitrogens with zero attached hydrogens (tertiary/aromatic N) is 4. The van der Waals surface area contributed by atoms with Gasteiger partial charge in [-0.1, -0.05) is 60.7 Å². The largest absolute Gasteiger partial charge is 0.314 e. The van der Waals surface area contributed by atoms with E-state index in [2.05, 4.69) is 123 Å². The highest BCUT2D eigenvalue weighted by atomic mass is 15.1. The molecule has 4 heteroatoms. The fourth-order valence-corrected chi connectivity index (χ4v) is 5.86. The molecule has 0 radical (unpaired) electrons. The van der Waals surface area contributed by atoms with E-state index in [1.54, 1.807) is 0 Å². The molecule has 1 aliphatic rings. The van der Waals surface area contributed by atoms with E-state index in [1.807, 2.05) is 30.6 Å². The Labute approximate surface area is 220 Å². The minimum Gasteiger partial charge on any atom is -0.314 e. The van der Waals surface area contributed by atoms with Crippen molar-refractivity contribution in [2.45, 2.75) is 0 Å². The highest BCUT2D eigenvalue weighted by Gasteiger charge is 2.27. The summed E-state index contributed by atoms with van der Waals surface area (Å²) >= 11 is 0. The molecule has 0 atom stereocenters. The Morgan fingerprint density at radius 2 is 1.26 bits per heavy atom. The van der Waals surface area contributed by atoms with Gasteiger partial charge < -0.3 is 9.47 Å². The molecule has 0 unspecified atom stereocenters. The molecular formula is C34H22N4. The Bertz CT molecular complexity index is 1980. The van der Waals surface area contributed by atoms with Crippen LogP contribution >= 0.6 is 0 Å². The van der Waals surface area contributed by atoms with E-state index in [0.717, 1.165) is 27.9 Å². The van der Waals surface area contributed by atoms with Crippen molar-refractivity contribution in [3.8, 4) is 27.9 Å². The molecule has 8 rings (SSSR count). The lowest BCUT2D eigenvalue weighted by Crippen LogP contribution is -2.10. The molecule has 1 aliphatic heterocycles. The number of aromatic nitrogens is 3. The number of rotatable bonds is 2. The summed E-state index contributed by atoms with van der Waals surface area (Å²) in [6, 6.07) is 40.8. The third kappa shape index (κ3) is 2.98. The Kier molecular flexibility index (Phi) is 4.49. The van der Waals surface area contributed by atoms with Crippen LogP contribution in [-0.4, -0.2) is 14.5 Å². The third-order valence-corrected chi connectivity index (χ3v) is 7.47. The SMILES string of the molecule is c1ccc(N2c3ccccc3-c3ccc4c(ccn4-c4ccnc5cccnc45)c3-c3ccccc32)cc1. The average molecular weight is 487 g/mol. The fraction of sp³-hybridized carbons (Fsp3) is 0. The molecule has 0 saturated carbocycles. The number of pyridine rings is 2. The lowest BCUT2D eigenvalue weighted by Gasteiger charge is -2.27. The van der Waals surface area contributed by atoms with Crippen molar-refractivity contribution in [1.82, 2.24) is 14.5 Å². The predicted molar refractivity (Wildman–Crippen MR) is 155 cm³/mol. The normalized spacial score (nSPS) is 12.2. The van der Waals surface area contributed by atoms with Gasteiger partial charge in [0, 0.05) is 46.4 Å². The number of anilines is 3. The van der Waals surface area contributed by atoms with E-state index >= 15 is 0 Å². The van der Waals surface area contributed by atoms with Crippen LogP contribution < -0.4 is 4.90 Å². The summed E-state index contributed by atoms with van der Waals surface area (Å²) in [7, 11) is 0. The maximum atomic E-state index is 4.67. The van der Waals surface area contributed by atoms with E-state index in [4.69, 9.17) is 0 Å². The van der Waals surface area contributed by atoms with Gasteiger partial charge in [-0.3, -0.25) is 9.97 Å². The van der Waals surface area contributed by atoms with Gasteiger partial charge in [0.05, 0.1) is 28.1 Å². The molecule has 38 heavy (non-hydrogen) atoms. The predicted octanol–water partition coefficient (Wildman–Crippen LogP) is 8.69. The summed E-state index contributed by atoms with van der Waals surface area (Å²) in [6.45, 7) is 0. The molecule has 4 heterocycles. The van der Waals surface area contributed by atoms with Crippen LogP contribution in [0.25, 0.3) is 49.9 Å². The zero-order valence-electron chi connectivity index (χ0n) is 20.5. The summed E-state index contributed by atoms with van der Waals surface area (Å²) in [5.41, 5.74) is 12.3. The molecule has 0 saturated heterocycles. The molecule has 0 N–H and O–H groups in total. The quantitative estimate of drug-likeness (QED) is 0.245. The fourth-order valence-electron chi connectivity index (χ4n) is 5.86. The topological polar surface area (TPSA) is 34.0 Å². The van der Waals surface area contributed by atoms with E-state index in [-0.39, 0.29) is 0 Å². The van der Waals surface area contributed by atoms with Gasteiger partial charge in [0.25, 0.3) is 0 Å². The number of para-hydroxylation sites is 3. The van der Waals surface area contributed by atoms with Crippen LogP contribution in [0.2, 0.25) is 0 Å². The van der Waals surface area contributed by atoms with Crippen molar-refractivity contribution in [2.75, 3.05) is 4.90 Å².